The minimum absolute atomic E-state index is 0.0809. The zero-order chi connectivity index (χ0) is 15.2. The molecule has 4 saturated carbocycles. The molecule has 4 rings (SSSR count). The summed E-state index contributed by atoms with van der Waals surface area (Å²) in [5, 5.41) is 13.0. The minimum atomic E-state index is -0.371. The number of carbonyl (C=O) groups is 1. The first-order chi connectivity index (χ1) is 9.87. The van der Waals surface area contributed by atoms with Crippen LogP contribution in [0.5, 0.6) is 0 Å². The Morgan fingerprint density at radius 3 is 2.00 bits per heavy atom. The van der Waals surface area contributed by atoms with Crippen molar-refractivity contribution in [2.75, 3.05) is 0 Å². The molecule has 0 unspecified atom stereocenters. The van der Waals surface area contributed by atoms with Gasteiger partial charge in [0.2, 0.25) is 5.91 Å². The zero-order valence-corrected chi connectivity index (χ0v) is 14.3. The monoisotopic (exact) mass is 311 g/mol. The van der Waals surface area contributed by atoms with Gasteiger partial charge in [0, 0.05) is 10.8 Å². The van der Waals surface area contributed by atoms with Gasteiger partial charge in [-0.1, -0.05) is 6.92 Å². The summed E-state index contributed by atoms with van der Waals surface area (Å²) in [6, 6.07) is 0. The van der Waals surface area contributed by atoms with Crippen LogP contribution in [-0.4, -0.2) is 33.2 Å². The van der Waals surface area contributed by atoms with Gasteiger partial charge >= 0.3 is 0 Å². The first-order valence-electron chi connectivity index (χ1n) is 8.52. The van der Waals surface area contributed by atoms with Gasteiger partial charge in [0.1, 0.15) is 0 Å². The highest BCUT2D eigenvalue weighted by atomic mass is 32.2. The molecule has 21 heavy (non-hydrogen) atoms. The number of hydrogen-bond acceptors (Lipinski definition) is 3. The van der Waals surface area contributed by atoms with E-state index in [4.69, 9.17) is 0 Å². The molecule has 0 radical (unpaired) electrons. The number of aliphatic hydroxyl groups excluding tert-OH is 1. The Kier molecular flexibility index (Phi) is 4.30. The number of hydrogen-bond donors (Lipinski definition) is 2. The minimum Gasteiger partial charge on any atom is -0.392 e. The van der Waals surface area contributed by atoms with Crippen molar-refractivity contribution in [1.82, 2.24) is 5.32 Å². The van der Waals surface area contributed by atoms with Crippen LogP contribution >= 0.6 is 11.8 Å². The van der Waals surface area contributed by atoms with E-state index >= 15 is 0 Å². The normalized spacial score (nSPS) is 41.6. The van der Waals surface area contributed by atoms with Gasteiger partial charge in [0.05, 0.1) is 11.4 Å². The highest BCUT2D eigenvalue weighted by molar-refractivity contribution is 8.01. The van der Waals surface area contributed by atoms with Crippen LogP contribution in [0.1, 0.15) is 59.3 Å². The molecule has 0 aromatic carbocycles. The van der Waals surface area contributed by atoms with Crippen LogP contribution in [0.15, 0.2) is 0 Å². The first kappa shape index (κ1) is 15.7. The van der Waals surface area contributed by atoms with E-state index in [1.165, 1.54) is 38.5 Å². The van der Waals surface area contributed by atoms with Crippen LogP contribution in [0.3, 0.4) is 0 Å². The Labute approximate surface area is 132 Å². The van der Waals surface area contributed by atoms with E-state index in [9.17, 15) is 9.90 Å². The van der Waals surface area contributed by atoms with Crippen LogP contribution in [0.4, 0.5) is 0 Å². The molecule has 4 heteroatoms. The van der Waals surface area contributed by atoms with E-state index in [1.54, 1.807) is 18.7 Å². The number of aliphatic hydroxyl groups is 1. The molecule has 2 N–H and O–H groups in total. The summed E-state index contributed by atoms with van der Waals surface area (Å²) in [7, 11) is 0. The maximum absolute atomic E-state index is 12.6. The summed E-state index contributed by atoms with van der Waals surface area (Å²) in [6.45, 7) is 5.75. The van der Waals surface area contributed by atoms with Gasteiger partial charge < -0.3 is 10.4 Å². The fourth-order valence-electron chi connectivity index (χ4n) is 5.12. The summed E-state index contributed by atoms with van der Waals surface area (Å²) in [5.74, 6) is 2.75. The summed E-state index contributed by atoms with van der Waals surface area (Å²) in [4.78, 5) is 12.6. The number of thioether (sulfide) groups is 1. The van der Waals surface area contributed by atoms with Gasteiger partial charge in [0.25, 0.3) is 0 Å². The molecule has 120 valence electrons. The van der Waals surface area contributed by atoms with Crippen molar-refractivity contribution >= 4 is 17.7 Å². The Hall–Kier alpha value is -0.220. The highest BCUT2D eigenvalue weighted by Crippen LogP contribution is 2.55. The Bertz CT molecular complexity index is 374. The standard InChI is InChI=1S/C17H29NO2S/c1-10(19)11(2)21-12(3)16(20)18-17-7-13-4-14(8-17)6-15(5-13)9-17/h10-15,19H,4-9H2,1-3H3,(H,18,20)/t10-,11-,12+,13?,14?,15?,17?/m1/s1. The maximum Gasteiger partial charge on any atom is 0.233 e. The van der Waals surface area contributed by atoms with Crippen molar-refractivity contribution in [3.05, 3.63) is 0 Å². The lowest BCUT2D eigenvalue weighted by molar-refractivity contribution is -0.126. The Morgan fingerprint density at radius 2 is 1.57 bits per heavy atom. The molecule has 4 aliphatic carbocycles. The number of rotatable bonds is 5. The lowest BCUT2D eigenvalue weighted by Crippen LogP contribution is -2.60. The molecule has 4 aliphatic rings. The van der Waals surface area contributed by atoms with Crippen LogP contribution < -0.4 is 5.32 Å². The van der Waals surface area contributed by atoms with E-state index in [0.717, 1.165) is 17.8 Å². The molecular formula is C17H29NO2S. The summed E-state index contributed by atoms with van der Waals surface area (Å²) >= 11 is 1.58. The molecule has 0 spiro atoms. The molecule has 4 fully saturated rings. The molecule has 0 aromatic rings. The predicted molar refractivity (Wildman–Crippen MR) is 87.2 cm³/mol. The largest absolute Gasteiger partial charge is 0.392 e. The van der Waals surface area contributed by atoms with Crippen molar-refractivity contribution in [1.29, 1.82) is 0 Å². The quantitative estimate of drug-likeness (QED) is 0.820. The third-order valence-corrected chi connectivity index (χ3v) is 7.34. The first-order valence-corrected chi connectivity index (χ1v) is 9.47. The molecule has 0 aliphatic heterocycles. The molecule has 0 aromatic heterocycles. The third-order valence-electron chi connectivity index (χ3n) is 5.89. The second kappa shape index (κ2) is 5.77. The molecule has 3 nitrogen and oxygen atoms in total. The SMILES string of the molecule is C[C@H](S[C@H](C)[C@@H](C)O)C(=O)NC12CC3CC(CC(C3)C1)C2. The average molecular weight is 311 g/mol. The number of nitrogens with one attached hydrogen (secondary N) is 1. The van der Waals surface area contributed by atoms with Crippen molar-refractivity contribution < 1.29 is 9.90 Å². The second-order valence-electron chi connectivity index (χ2n) is 7.91. The zero-order valence-electron chi connectivity index (χ0n) is 13.5. The van der Waals surface area contributed by atoms with Gasteiger partial charge in [-0.2, -0.15) is 0 Å². The Morgan fingerprint density at radius 1 is 1.10 bits per heavy atom. The summed E-state index contributed by atoms with van der Waals surface area (Å²) in [6.07, 6.45) is 7.44. The molecule has 1 amide bonds. The average Bonchev–Trinajstić information content (AvgIpc) is 2.35. The number of amides is 1. The highest BCUT2D eigenvalue weighted by Gasteiger charge is 2.51. The van der Waals surface area contributed by atoms with E-state index in [1.807, 2.05) is 13.8 Å². The van der Waals surface area contributed by atoms with Gasteiger partial charge in [-0.15, -0.1) is 11.8 Å². The van der Waals surface area contributed by atoms with Gasteiger partial charge in [-0.3, -0.25) is 4.79 Å². The third kappa shape index (κ3) is 3.26. The van der Waals surface area contributed by atoms with Crippen LogP contribution in [0.25, 0.3) is 0 Å². The van der Waals surface area contributed by atoms with Crippen molar-refractivity contribution in [3.63, 3.8) is 0 Å². The van der Waals surface area contributed by atoms with Crippen LogP contribution in [0, 0.1) is 17.8 Å². The van der Waals surface area contributed by atoms with Crippen LogP contribution in [-0.2, 0) is 4.79 Å². The molecule has 3 atom stereocenters. The Balaban J connectivity index is 1.59. The van der Waals surface area contributed by atoms with Gasteiger partial charge in [0.15, 0.2) is 0 Å². The molecule has 0 saturated heterocycles. The van der Waals surface area contributed by atoms with Crippen molar-refractivity contribution in [2.24, 2.45) is 17.8 Å². The smallest absolute Gasteiger partial charge is 0.233 e. The lowest BCUT2D eigenvalue weighted by Gasteiger charge is -2.57. The number of carbonyl (C=O) groups excluding carboxylic acids is 1. The molecule has 4 bridgehead atoms. The van der Waals surface area contributed by atoms with Crippen molar-refractivity contribution in [3.8, 4) is 0 Å². The topological polar surface area (TPSA) is 49.3 Å². The van der Waals surface area contributed by atoms with Crippen LogP contribution in [0.2, 0.25) is 0 Å². The molecular weight excluding hydrogens is 282 g/mol. The fourth-order valence-corrected chi connectivity index (χ4v) is 6.18. The van der Waals surface area contributed by atoms with Crippen molar-refractivity contribution in [2.45, 2.75) is 81.4 Å². The fraction of sp³-hybridized carbons (Fsp3) is 0.941. The van der Waals surface area contributed by atoms with E-state index in [-0.39, 0.29) is 28.0 Å². The van der Waals surface area contributed by atoms with E-state index < -0.39 is 0 Å². The summed E-state index contributed by atoms with van der Waals surface area (Å²) < 4.78 is 0. The van der Waals surface area contributed by atoms with Gasteiger partial charge in [-0.05, 0) is 70.1 Å². The van der Waals surface area contributed by atoms with Gasteiger partial charge in [-0.25, -0.2) is 0 Å². The summed E-state index contributed by atoms with van der Waals surface area (Å²) in [5.41, 5.74) is 0.106. The maximum atomic E-state index is 12.6. The molecule has 0 heterocycles. The second-order valence-corrected chi connectivity index (χ2v) is 9.63. The van der Waals surface area contributed by atoms with E-state index in [0.29, 0.717) is 0 Å². The predicted octanol–water partition coefficient (Wildman–Crippen LogP) is 2.96. The van der Waals surface area contributed by atoms with E-state index in [2.05, 4.69) is 5.32 Å². The lowest BCUT2D eigenvalue weighted by atomic mass is 9.53.